The van der Waals surface area contributed by atoms with Crippen molar-refractivity contribution in [3.05, 3.63) is 34.7 Å². The maximum Gasteiger partial charge on any atom is 0.242 e. The number of pyridine rings is 1. The summed E-state index contributed by atoms with van der Waals surface area (Å²) >= 11 is 0. The zero-order chi connectivity index (χ0) is 15.7. The molecule has 2 aliphatic rings. The number of likely N-dealkylation sites (N-methyl/N-ethyl adjacent to an activating group) is 1. The molecule has 3 heterocycles. The van der Waals surface area contributed by atoms with Gasteiger partial charge in [0.15, 0.2) is 5.43 Å². The lowest BCUT2D eigenvalue weighted by atomic mass is 9.99. The number of nitrogens with zero attached hydrogens (tertiary/aromatic N) is 3. The Labute approximate surface area is 129 Å². The van der Waals surface area contributed by atoms with Gasteiger partial charge in [0, 0.05) is 50.7 Å². The predicted octanol–water partition coefficient (Wildman–Crippen LogP) is 0.318. The standard InChI is InChI=1S/C16H21N3O3/c1-17-13-4-2-3-12(16(17)22)9-19(10-13)15(21)11-18-7-5-14(20)6-8-18/h5-8,12-13H,2-4,9-11H2,1H3/t12-,13+/m1/s1. The van der Waals surface area contributed by atoms with Crippen molar-refractivity contribution >= 4 is 11.8 Å². The molecule has 6 nitrogen and oxygen atoms in total. The second-order valence-electron chi connectivity index (χ2n) is 6.24. The fraction of sp³-hybridized carbons (Fsp3) is 0.562. The predicted molar refractivity (Wildman–Crippen MR) is 81.2 cm³/mol. The first-order valence-electron chi connectivity index (χ1n) is 7.75. The van der Waals surface area contributed by atoms with Crippen molar-refractivity contribution in [1.29, 1.82) is 0 Å². The summed E-state index contributed by atoms with van der Waals surface area (Å²) < 4.78 is 1.70. The van der Waals surface area contributed by atoms with Crippen LogP contribution in [0.5, 0.6) is 0 Å². The van der Waals surface area contributed by atoms with Gasteiger partial charge >= 0.3 is 0 Å². The minimum absolute atomic E-state index is 0.00338. The molecule has 3 rings (SSSR count). The van der Waals surface area contributed by atoms with Crippen LogP contribution in [0, 0.1) is 5.92 Å². The minimum atomic E-state index is -0.0736. The van der Waals surface area contributed by atoms with Crippen LogP contribution in [0.2, 0.25) is 0 Å². The molecule has 2 aliphatic heterocycles. The second kappa shape index (κ2) is 5.94. The molecule has 0 spiro atoms. The van der Waals surface area contributed by atoms with Crippen LogP contribution in [-0.2, 0) is 16.1 Å². The average Bonchev–Trinajstić information content (AvgIpc) is 2.67. The van der Waals surface area contributed by atoms with Gasteiger partial charge < -0.3 is 14.4 Å². The first kappa shape index (κ1) is 14.8. The normalized spacial score (nSPS) is 25.0. The van der Waals surface area contributed by atoms with Gasteiger partial charge in [-0.25, -0.2) is 0 Å². The van der Waals surface area contributed by atoms with E-state index in [0.717, 1.165) is 19.3 Å². The van der Waals surface area contributed by atoms with E-state index in [9.17, 15) is 14.4 Å². The number of fused-ring (bicyclic) bond motifs is 3. The van der Waals surface area contributed by atoms with E-state index in [-0.39, 0.29) is 35.7 Å². The molecule has 118 valence electrons. The number of aromatic nitrogens is 1. The summed E-state index contributed by atoms with van der Waals surface area (Å²) in [5.41, 5.74) is -0.0692. The highest BCUT2D eigenvalue weighted by atomic mass is 16.2. The Morgan fingerprint density at radius 1 is 1.18 bits per heavy atom. The number of carbonyl (C=O) groups excluding carboxylic acids is 2. The van der Waals surface area contributed by atoms with Gasteiger partial charge in [0.1, 0.15) is 6.54 Å². The highest BCUT2D eigenvalue weighted by molar-refractivity contribution is 5.82. The van der Waals surface area contributed by atoms with Crippen LogP contribution in [0.25, 0.3) is 0 Å². The molecule has 1 aromatic rings. The maximum absolute atomic E-state index is 12.5. The molecule has 0 aromatic carbocycles. The summed E-state index contributed by atoms with van der Waals surface area (Å²) in [6.07, 6.45) is 6.11. The van der Waals surface area contributed by atoms with Crippen LogP contribution in [0.1, 0.15) is 19.3 Å². The minimum Gasteiger partial charge on any atom is -0.345 e. The van der Waals surface area contributed by atoms with E-state index in [4.69, 9.17) is 0 Å². The molecular formula is C16H21N3O3. The molecule has 2 atom stereocenters. The number of hydrogen-bond donors (Lipinski definition) is 0. The molecule has 0 unspecified atom stereocenters. The number of rotatable bonds is 2. The quantitative estimate of drug-likeness (QED) is 0.790. The van der Waals surface area contributed by atoms with Gasteiger partial charge in [0.05, 0.1) is 5.92 Å². The van der Waals surface area contributed by atoms with Crippen molar-refractivity contribution in [2.45, 2.75) is 31.8 Å². The number of hydrogen-bond acceptors (Lipinski definition) is 3. The molecule has 0 N–H and O–H groups in total. The number of likely N-dealkylation sites (tertiary alicyclic amines) is 1. The van der Waals surface area contributed by atoms with Crippen LogP contribution in [0.4, 0.5) is 0 Å². The van der Waals surface area contributed by atoms with E-state index >= 15 is 0 Å². The van der Waals surface area contributed by atoms with E-state index in [1.54, 1.807) is 17.0 Å². The maximum atomic E-state index is 12.5. The van der Waals surface area contributed by atoms with Crippen molar-refractivity contribution in [1.82, 2.24) is 14.4 Å². The van der Waals surface area contributed by atoms with E-state index < -0.39 is 0 Å². The Morgan fingerprint density at radius 2 is 1.91 bits per heavy atom. The van der Waals surface area contributed by atoms with E-state index in [1.165, 1.54) is 12.1 Å². The lowest BCUT2D eigenvalue weighted by Gasteiger charge is -2.29. The summed E-state index contributed by atoms with van der Waals surface area (Å²) in [6, 6.07) is 3.02. The van der Waals surface area contributed by atoms with Crippen molar-refractivity contribution < 1.29 is 9.59 Å². The Bertz CT molecular complexity index is 619. The molecule has 1 aromatic heterocycles. The van der Waals surface area contributed by atoms with E-state index in [1.807, 2.05) is 16.8 Å². The highest BCUT2D eigenvalue weighted by Gasteiger charge is 2.37. The molecule has 2 fully saturated rings. The van der Waals surface area contributed by atoms with Gasteiger partial charge in [0.2, 0.25) is 11.8 Å². The van der Waals surface area contributed by atoms with Crippen molar-refractivity contribution in [2.75, 3.05) is 20.1 Å². The Balaban J connectivity index is 1.74. The van der Waals surface area contributed by atoms with Crippen LogP contribution >= 0.6 is 0 Å². The van der Waals surface area contributed by atoms with Gasteiger partial charge in [0.25, 0.3) is 0 Å². The SMILES string of the molecule is CN1C(=O)[C@@H]2CCC[C@H]1CN(C(=O)Cn1ccc(=O)cc1)C2. The Kier molecular flexibility index (Phi) is 4.00. The smallest absolute Gasteiger partial charge is 0.242 e. The van der Waals surface area contributed by atoms with Gasteiger partial charge in [-0.05, 0) is 12.8 Å². The Hall–Kier alpha value is -2.11. The first-order chi connectivity index (χ1) is 10.5. The third kappa shape index (κ3) is 2.91. The summed E-state index contributed by atoms with van der Waals surface area (Å²) in [7, 11) is 1.85. The lowest BCUT2D eigenvalue weighted by Crippen LogP contribution is -2.43. The third-order valence-corrected chi connectivity index (χ3v) is 4.74. The molecular weight excluding hydrogens is 282 g/mol. The van der Waals surface area contributed by atoms with Crippen LogP contribution in [-0.4, -0.2) is 52.4 Å². The summed E-state index contributed by atoms with van der Waals surface area (Å²) in [5.74, 6) is 0.0975. The lowest BCUT2D eigenvalue weighted by molar-refractivity contribution is -0.134. The topological polar surface area (TPSA) is 62.6 Å². The summed E-state index contributed by atoms with van der Waals surface area (Å²) in [4.78, 5) is 39.6. The van der Waals surface area contributed by atoms with Gasteiger partial charge in [-0.2, -0.15) is 0 Å². The van der Waals surface area contributed by atoms with Crippen LogP contribution < -0.4 is 5.43 Å². The average molecular weight is 303 g/mol. The number of amides is 2. The first-order valence-corrected chi connectivity index (χ1v) is 7.75. The highest BCUT2D eigenvalue weighted by Crippen LogP contribution is 2.26. The monoisotopic (exact) mass is 303 g/mol. The molecule has 2 bridgehead atoms. The zero-order valence-electron chi connectivity index (χ0n) is 12.8. The van der Waals surface area contributed by atoms with E-state index in [2.05, 4.69) is 0 Å². The largest absolute Gasteiger partial charge is 0.345 e. The zero-order valence-corrected chi connectivity index (χ0v) is 12.8. The molecule has 0 aliphatic carbocycles. The van der Waals surface area contributed by atoms with Crippen molar-refractivity contribution in [3.8, 4) is 0 Å². The van der Waals surface area contributed by atoms with Crippen LogP contribution in [0.15, 0.2) is 29.3 Å². The van der Waals surface area contributed by atoms with E-state index in [0.29, 0.717) is 13.1 Å². The molecule has 2 saturated heterocycles. The molecule has 6 heteroatoms. The molecule has 0 radical (unpaired) electrons. The van der Waals surface area contributed by atoms with Gasteiger partial charge in [-0.15, -0.1) is 0 Å². The van der Waals surface area contributed by atoms with Gasteiger partial charge in [-0.3, -0.25) is 14.4 Å². The molecule has 0 saturated carbocycles. The number of carbonyl (C=O) groups is 2. The molecule has 2 amide bonds. The Morgan fingerprint density at radius 3 is 2.64 bits per heavy atom. The van der Waals surface area contributed by atoms with Gasteiger partial charge in [-0.1, -0.05) is 6.42 Å². The second-order valence-corrected chi connectivity index (χ2v) is 6.24. The van der Waals surface area contributed by atoms with Crippen molar-refractivity contribution in [2.24, 2.45) is 5.92 Å². The summed E-state index contributed by atoms with van der Waals surface area (Å²) in [6.45, 7) is 1.33. The van der Waals surface area contributed by atoms with Crippen molar-refractivity contribution in [3.63, 3.8) is 0 Å². The van der Waals surface area contributed by atoms with Crippen LogP contribution in [0.3, 0.4) is 0 Å². The molecule has 22 heavy (non-hydrogen) atoms. The summed E-state index contributed by atoms with van der Waals surface area (Å²) in [5, 5.41) is 0. The third-order valence-electron chi connectivity index (χ3n) is 4.74. The fourth-order valence-corrected chi connectivity index (χ4v) is 3.37. The fourth-order valence-electron chi connectivity index (χ4n) is 3.37.